The van der Waals surface area contributed by atoms with Crippen LogP contribution in [0.1, 0.15) is 37.8 Å². The van der Waals surface area contributed by atoms with Gasteiger partial charge in [0.2, 0.25) is 0 Å². The van der Waals surface area contributed by atoms with Gasteiger partial charge in [-0.2, -0.15) is 0 Å². The largest absolute Gasteiger partial charge is 0.371 e. The Kier molecular flexibility index (Phi) is 1.40. The molecule has 2 fully saturated rings. The summed E-state index contributed by atoms with van der Waals surface area (Å²) in [4.78, 5) is 3.30. The van der Waals surface area contributed by atoms with Crippen LogP contribution >= 0.6 is 0 Å². The summed E-state index contributed by atoms with van der Waals surface area (Å²) in [7, 11) is 0. The van der Waals surface area contributed by atoms with E-state index < -0.39 is 0 Å². The van der Waals surface area contributed by atoms with E-state index in [4.69, 9.17) is 4.74 Å². The summed E-state index contributed by atoms with van der Waals surface area (Å²) in [5, 5.41) is 0. The highest BCUT2D eigenvalue weighted by Crippen LogP contribution is 2.50. The number of nitrogens with one attached hydrogen (secondary N) is 1. The molecule has 2 nitrogen and oxygen atoms in total. The molecule has 3 unspecified atom stereocenters. The number of hydrogen-bond donors (Lipinski definition) is 1. The number of aromatic amines is 1. The highest BCUT2D eigenvalue weighted by molar-refractivity contribution is 5.18. The summed E-state index contributed by atoms with van der Waals surface area (Å²) in [6.07, 6.45) is 6.15. The lowest BCUT2D eigenvalue weighted by Gasteiger charge is -2.21. The van der Waals surface area contributed by atoms with E-state index in [1.807, 2.05) is 6.20 Å². The number of fused-ring (bicyclic) bond motifs is 2. The fourth-order valence-electron chi connectivity index (χ4n) is 2.85. The van der Waals surface area contributed by atoms with E-state index in [0.29, 0.717) is 12.0 Å². The van der Waals surface area contributed by atoms with E-state index in [2.05, 4.69) is 24.0 Å². The Morgan fingerprint density at radius 3 is 3.08 bits per heavy atom. The smallest absolute Gasteiger partial charge is 0.0667 e. The van der Waals surface area contributed by atoms with E-state index in [1.165, 1.54) is 25.0 Å². The Morgan fingerprint density at radius 2 is 2.54 bits per heavy atom. The zero-order chi connectivity index (χ0) is 8.89. The predicted octanol–water partition coefficient (Wildman–Crippen LogP) is 2.44. The van der Waals surface area contributed by atoms with Crippen molar-refractivity contribution in [2.75, 3.05) is 0 Å². The van der Waals surface area contributed by atoms with Crippen LogP contribution in [0.2, 0.25) is 0 Å². The van der Waals surface area contributed by atoms with E-state index in [0.717, 1.165) is 0 Å². The topological polar surface area (TPSA) is 25.0 Å². The second kappa shape index (κ2) is 2.38. The summed E-state index contributed by atoms with van der Waals surface area (Å²) in [5.41, 5.74) is 1.54. The molecule has 0 aliphatic carbocycles. The number of H-pyrrole nitrogens is 1. The highest BCUT2D eigenvalue weighted by Gasteiger charge is 2.49. The summed E-state index contributed by atoms with van der Waals surface area (Å²) < 4.78 is 5.98. The zero-order valence-electron chi connectivity index (χ0n) is 7.92. The van der Waals surface area contributed by atoms with Crippen LogP contribution in [0.4, 0.5) is 0 Å². The summed E-state index contributed by atoms with van der Waals surface area (Å²) in [6.45, 7) is 2.25. The van der Waals surface area contributed by atoms with Crippen LogP contribution in [-0.2, 0) is 4.74 Å². The molecule has 3 heterocycles. The van der Waals surface area contributed by atoms with Crippen molar-refractivity contribution in [2.45, 2.75) is 43.8 Å². The van der Waals surface area contributed by atoms with E-state index >= 15 is 0 Å². The lowest BCUT2D eigenvalue weighted by molar-refractivity contribution is 0.0269. The van der Waals surface area contributed by atoms with Gasteiger partial charge in [0.1, 0.15) is 0 Å². The van der Waals surface area contributed by atoms with Crippen LogP contribution in [0.5, 0.6) is 0 Å². The molecule has 1 aromatic heterocycles. The predicted molar refractivity (Wildman–Crippen MR) is 50.7 cm³/mol. The number of aromatic nitrogens is 1. The van der Waals surface area contributed by atoms with Crippen LogP contribution in [0.25, 0.3) is 0 Å². The third-order valence-electron chi connectivity index (χ3n) is 3.52. The Balaban J connectivity index is 1.89. The van der Waals surface area contributed by atoms with Crippen molar-refractivity contribution in [2.24, 2.45) is 0 Å². The number of hydrogen-bond acceptors (Lipinski definition) is 1. The first-order chi connectivity index (χ1) is 6.27. The fourth-order valence-corrected chi connectivity index (χ4v) is 2.85. The Hall–Kier alpha value is -0.760. The molecule has 2 aliphatic heterocycles. The summed E-state index contributed by atoms with van der Waals surface area (Å²) >= 11 is 0. The van der Waals surface area contributed by atoms with E-state index in [9.17, 15) is 0 Å². The Bertz CT molecular complexity index is 306. The van der Waals surface area contributed by atoms with Gasteiger partial charge in [-0.15, -0.1) is 0 Å². The zero-order valence-corrected chi connectivity index (χ0v) is 7.92. The fraction of sp³-hybridized carbons (Fsp3) is 0.636. The van der Waals surface area contributed by atoms with Crippen molar-refractivity contribution in [3.8, 4) is 0 Å². The van der Waals surface area contributed by atoms with Gasteiger partial charge in [0.25, 0.3) is 0 Å². The minimum absolute atomic E-state index is 0.181. The van der Waals surface area contributed by atoms with Crippen LogP contribution in [0.3, 0.4) is 0 Å². The SMILES string of the molecule is CC12CCC(O1)C(c1ccc[nH]1)C2. The molecule has 0 aromatic carbocycles. The minimum atomic E-state index is 0.181. The molecule has 2 heteroatoms. The number of ether oxygens (including phenoxy) is 1. The molecular weight excluding hydrogens is 162 g/mol. The molecule has 0 radical (unpaired) electrons. The van der Waals surface area contributed by atoms with Crippen molar-refractivity contribution >= 4 is 0 Å². The van der Waals surface area contributed by atoms with Crippen LogP contribution < -0.4 is 0 Å². The summed E-state index contributed by atoms with van der Waals surface area (Å²) in [5.74, 6) is 0.619. The van der Waals surface area contributed by atoms with Crippen LogP contribution in [-0.4, -0.2) is 16.7 Å². The molecule has 0 amide bonds. The van der Waals surface area contributed by atoms with Crippen molar-refractivity contribution in [3.63, 3.8) is 0 Å². The molecule has 2 saturated heterocycles. The molecule has 0 spiro atoms. The van der Waals surface area contributed by atoms with Gasteiger partial charge >= 0.3 is 0 Å². The monoisotopic (exact) mass is 177 g/mol. The second-order valence-corrected chi connectivity index (χ2v) is 4.58. The molecule has 70 valence electrons. The molecule has 2 bridgehead atoms. The maximum absolute atomic E-state index is 5.98. The van der Waals surface area contributed by atoms with Gasteiger partial charge < -0.3 is 9.72 Å². The molecule has 3 atom stereocenters. The maximum Gasteiger partial charge on any atom is 0.0667 e. The Labute approximate surface area is 78.3 Å². The second-order valence-electron chi connectivity index (χ2n) is 4.58. The van der Waals surface area contributed by atoms with Crippen molar-refractivity contribution in [1.82, 2.24) is 4.98 Å². The van der Waals surface area contributed by atoms with Crippen molar-refractivity contribution in [1.29, 1.82) is 0 Å². The molecule has 3 rings (SSSR count). The van der Waals surface area contributed by atoms with Gasteiger partial charge in [-0.1, -0.05) is 0 Å². The molecule has 1 N–H and O–H groups in total. The third kappa shape index (κ3) is 1.05. The standard InChI is InChI=1S/C11H15NO/c1-11-5-4-10(13-11)8(7-11)9-3-2-6-12-9/h2-3,6,8,10,12H,4-5,7H2,1H3. The first-order valence-corrected chi connectivity index (χ1v) is 5.08. The molecule has 0 saturated carbocycles. The average molecular weight is 177 g/mol. The quantitative estimate of drug-likeness (QED) is 0.700. The van der Waals surface area contributed by atoms with Gasteiger partial charge in [-0.05, 0) is 38.3 Å². The van der Waals surface area contributed by atoms with Gasteiger partial charge in [0.05, 0.1) is 11.7 Å². The van der Waals surface area contributed by atoms with Gasteiger partial charge in [-0.25, -0.2) is 0 Å². The van der Waals surface area contributed by atoms with Crippen LogP contribution in [0.15, 0.2) is 18.3 Å². The van der Waals surface area contributed by atoms with Gasteiger partial charge in [0, 0.05) is 17.8 Å². The normalized spacial score (nSPS) is 42.8. The highest BCUT2D eigenvalue weighted by atomic mass is 16.5. The average Bonchev–Trinajstić information content (AvgIpc) is 2.73. The van der Waals surface area contributed by atoms with Gasteiger partial charge in [0.15, 0.2) is 0 Å². The Morgan fingerprint density at radius 1 is 1.62 bits per heavy atom. The van der Waals surface area contributed by atoms with E-state index in [-0.39, 0.29) is 5.60 Å². The lowest BCUT2D eigenvalue weighted by atomic mass is 9.81. The first kappa shape index (κ1) is 7.63. The molecular formula is C11H15NO. The van der Waals surface area contributed by atoms with Crippen molar-refractivity contribution < 1.29 is 4.74 Å². The molecule has 2 aliphatic rings. The maximum atomic E-state index is 5.98. The summed E-state index contributed by atoms with van der Waals surface area (Å²) in [6, 6.07) is 4.25. The lowest BCUT2D eigenvalue weighted by Crippen LogP contribution is -2.21. The minimum Gasteiger partial charge on any atom is -0.371 e. The molecule has 1 aromatic rings. The third-order valence-corrected chi connectivity index (χ3v) is 3.52. The van der Waals surface area contributed by atoms with Gasteiger partial charge in [-0.3, -0.25) is 0 Å². The first-order valence-electron chi connectivity index (χ1n) is 5.08. The van der Waals surface area contributed by atoms with E-state index in [1.54, 1.807) is 0 Å². The number of rotatable bonds is 1. The van der Waals surface area contributed by atoms with Crippen LogP contribution in [0, 0.1) is 0 Å². The van der Waals surface area contributed by atoms with Crippen molar-refractivity contribution in [3.05, 3.63) is 24.0 Å². The molecule has 13 heavy (non-hydrogen) atoms.